The molecule has 0 aromatic heterocycles. The van der Waals surface area contributed by atoms with Crippen LogP contribution in [0.3, 0.4) is 0 Å². The van der Waals surface area contributed by atoms with E-state index in [2.05, 4.69) is 19.6 Å². The summed E-state index contributed by atoms with van der Waals surface area (Å²) in [5.41, 5.74) is 3.62. The van der Waals surface area contributed by atoms with Crippen molar-refractivity contribution < 1.29 is 14.6 Å². The molecule has 3 nitrogen and oxygen atoms in total. The van der Waals surface area contributed by atoms with Crippen molar-refractivity contribution >= 4 is 5.97 Å². The first-order chi connectivity index (χ1) is 11.0. The molecule has 1 aliphatic heterocycles. The van der Waals surface area contributed by atoms with Crippen LogP contribution < -0.4 is 0 Å². The van der Waals surface area contributed by atoms with E-state index in [1.807, 2.05) is 13.0 Å². The van der Waals surface area contributed by atoms with E-state index in [4.69, 9.17) is 9.84 Å². The van der Waals surface area contributed by atoms with Crippen molar-refractivity contribution in [1.29, 1.82) is 0 Å². The first-order valence-corrected chi connectivity index (χ1v) is 8.79. The fraction of sp³-hybridized carbons (Fsp3) is 0.650. The first kappa shape index (κ1) is 18.0. The number of carbonyl (C=O) groups is 1. The summed E-state index contributed by atoms with van der Waals surface area (Å²) >= 11 is 0. The van der Waals surface area contributed by atoms with Gasteiger partial charge in [0, 0.05) is 5.92 Å². The van der Waals surface area contributed by atoms with Crippen molar-refractivity contribution in [3.05, 3.63) is 35.5 Å². The number of cyclic esters (lactones) is 1. The van der Waals surface area contributed by atoms with Crippen LogP contribution >= 0.6 is 0 Å². The number of aliphatic hydroxyl groups excluding tert-OH is 1. The molecule has 128 valence electrons. The van der Waals surface area contributed by atoms with Crippen molar-refractivity contribution in [2.24, 2.45) is 17.8 Å². The number of carbonyl (C=O) groups excluding carboxylic acids is 1. The van der Waals surface area contributed by atoms with Gasteiger partial charge >= 0.3 is 5.97 Å². The van der Waals surface area contributed by atoms with E-state index in [0.29, 0.717) is 18.4 Å². The van der Waals surface area contributed by atoms with Crippen LogP contribution in [0.25, 0.3) is 0 Å². The van der Waals surface area contributed by atoms with Crippen LogP contribution in [-0.4, -0.2) is 24.3 Å². The molecular weight excluding hydrogens is 288 g/mol. The van der Waals surface area contributed by atoms with Gasteiger partial charge in [0.05, 0.1) is 19.1 Å². The molecule has 0 aromatic carbocycles. The lowest BCUT2D eigenvalue weighted by atomic mass is 9.72. The maximum absolute atomic E-state index is 12.3. The van der Waals surface area contributed by atoms with E-state index in [-0.39, 0.29) is 18.5 Å². The van der Waals surface area contributed by atoms with Gasteiger partial charge in [-0.1, -0.05) is 35.5 Å². The molecule has 1 fully saturated rings. The molecule has 3 heteroatoms. The van der Waals surface area contributed by atoms with E-state index >= 15 is 0 Å². The van der Waals surface area contributed by atoms with Crippen molar-refractivity contribution in [2.75, 3.05) is 13.2 Å². The normalized spacial score (nSPS) is 29.8. The Hall–Kier alpha value is -1.35. The van der Waals surface area contributed by atoms with Gasteiger partial charge in [-0.15, -0.1) is 0 Å². The van der Waals surface area contributed by atoms with Gasteiger partial charge in [0.2, 0.25) is 0 Å². The summed E-state index contributed by atoms with van der Waals surface area (Å²) in [6.07, 6.45) is 10.1. The smallest absolute Gasteiger partial charge is 0.309 e. The molecule has 3 unspecified atom stereocenters. The van der Waals surface area contributed by atoms with Crippen LogP contribution in [0.1, 0.15) is 52.4 Å². The molecule has 0 saturated carbocycles. The van der Waals surface area contributed by atoms with Gasteiger partial charge in [-0.05, 0) is 58.3 Å². The minimum Gasteiger partial charge on any atom is -0.465 e. The second-order valence-corrected chi connectivity index (χ2v) is 7.08. The van der Waals surface area contributed by atoms with Crippen molar-refractivity contribution in [3.8, 4) is 0 Å². The standard InChI is InChI=1S/C20H30O3/c1-14-6-4-8-16(3)19-13-23-20(22)18(17(19)11-10-14)9-5-7-15(2)12-21/h6-7,17-19,21H,3-5,8-13H2,1-2H3. The molecule has 23 heavy (non-hydrogen) atoms. The third-order valence-corrected chi connectivity index (χ3v) is 5.32. The Morgan fingerprint density at radius 1 is 1.48 bits per heavy atom. The molecule has 0 amide bonds. The average Bonchev–Trinajstić information content (AvgIpc) is 2.60. The molecule has 0 radical (unpaired) electrons. The van der Waals surface area contributed by atoms with Crippen molar-refractivity contribution in [3.63, 3.8) is 0 Å². The Balaban J connectivity index is 2.12. The summed E-state index contributed by atoms with van der Waals surface area (Å²) in [6, 6.07) is 0. The Kier molecular flexibility index (Phi) is 6.64. The third kappa shape index (κ3) is 4.81. The zero-order valence-electron chi connectivity index (χ0n) is 14.5. The summed E-state index contributed by atoms with van der Waals surface area (Å²) in [7, 11) is 0. The molecular formula is C20H30O3. The number of ether oxygens (including phenoxy) is 1. The van der Waals surface area contributed by atoms with Gasteiger partial charge in [0.1, 0.15) is 0 Å². The lowest BCUT2D eigenvalue weighted by Crippen LogP contribution is -2.40. The Labute approximate surface area is 140 Å². The topological polar surface area (TPSA) is 46.5 Å². The van der Waals surface area contributed by atoms with Gasteiger partial charge < -0.3 is 9.84 Å². The highest BCUT2D eigenvalue weighted by Gasteiger charge is 2.40. The van der Waals surface area contributed by atoms with Crippen LogP contribution in [0.4, 0.5) is 0 Å². The SMILES string of the molecule is C=C1CCC=C(C)CCC2C1COC(=O)C2CCC=C(C)CO. The van der Waals surface area contributed by atoms with Gasteiger partial charge in [-0.3, -0.25) is 4.79 Å². The Morgan fingerprint density at radius 2 is 2.26 bits per heavy atom. The highest BCUT2D eigenvalue weighted by molar-refractivity contribution is 5.73. The van der Waals surface area contributed by atoms with Gasteiger partial charge in [0.25, 0.3) is 0 Å². The summed E-state index contributed by atoms with van der Waals surface area (Å²) in [5.74, 6) is 0.557. The summed E-state index contributed by atoms with van der Waals surface area (Å²) in [5, 5.41) is 9.10. The molecule has 1 heterocycles. The van der Waals surface area contributed by atoms with Crippen molar-refractivity contribution in [1.82, 2.24) is 0 Å². The second kappa shape index (κ2) is 8.49. The maximum atomic E-state index is 12.3. The minimum absolute atomic E-state index is 0.0425. The lowest BCUT2D eigenvalue weighted by molar-refractivity contribution is -0.160. The number of hydrogen-bond acceptors (Lipinski definition) is 3. The van der Waals surface area contributed by atoms with Gasteiger partial charge in [-0.2, -0.15) is 0 Å². The molecule has 0 bridgehead atoms. The lowest BCUT2D eigenvalue weighted by Gasteiger charge is -2.38. The summed E-state index contributed by atoms with van der Waals surface area (Å²) in [6.45, 7) is 8.97. The van der Waals surface area contributed by atoms with Crippen molar-refractivity contribution in [2.45, 2.75) is 52.4 Å². The number of aliphatic hydroxyl groups is 1. The Morgan fingerprint density at radius 3 is 3.00 bits per heavy atom. The molecule has 1 N–H and O–H groups in total. The monoisotopic (exact) mass is 318 g/mol. The molecule has 2 aliphatic rings. The van der Waals surface area contributed by atoms with Gasteiger partial charge in [-0.25, -0.2) is 0 Å². The number of esters is 1. The van der Waals surface area contributed by atoms with Crippen LogP contribution in [0, 0.1) is 17.8 Å². The van der Waals surface area contributed by atoms with Crippen LogP contribution in [-0.2, 0) is 9.53 Å². The van der Waals surface area contributed by atoms with E-state index in [1.165, 1.54) is 11.1 Å². The first-order valence-electron chi connectivity index (χ1n) is 8.79. The highest BCUT2D eigenvalue weighted by Crippen LogP contribution is 2.40. The Bertz CT molecular complexity index is 501. The number of hydrogen-bond donors (Lipinski definition) is 1. The molecule has 0 aromatic rings. The van der Waals surface area contributed by atoms with E-state index in [0.717, 1.165) is 44.1 Å². The van der Waals surface area contributed by atoms with Crippen LogP contribution in [0.5, 0.6) is 0 Å². The van der Waals surface area contributed by atoms with E-state index < -0.39 is 0 Å². The fourth-order valence-electron chi connectivity index (χ4n) is 3.77. The predicted molar refractivity (Wildman–Crippen MR) is 92.9 cm³/mol. The fourth-order valence-corrected chi connectivity index (χ4v) is 3.77. The zero-order valence-corrected chi connectivity index (χ0v) is 14.5. The van der Waals surface area contributed by atoms with Crippen LogP contribution in [0.15, 0.2) is 35.5 Å². The zero-order chi connectivity index (χ0) is 16.8. The number of fused-ring (bicyclic) bond motifs is 1. The quantitative estimate of drug-likeness (QED) is 0.624. The molecule has 1 aliphatic carbocycles. The average molecular weight is 318 g/mol. The summed E-state index contributed by atoms with van der Waals surface area (Å²) in [4.78, 5) is 12.3. The largest absolute Gasteiger partial charge is 0.465 e. The molecule has 3 atom stereocenters. The van der Waals surface area contributed by atoms with E-state index in [1.54, 1.807) is 0 Å². The van der Waals surface area contributed by atoms with E-state index in [9.17, 15) is 4.79 Å². The molecule has 0 spiro atoms. The maximum Gasteiger partial charge on any atom is 0.309 e. The summed E-state index contributed by atoms with van der Waals surface area (Å²) < 4.78 is 5.49. The third-order valence-electron chi connectivity index (χ3n) is 5.32. The van der Waals surface area contributed by atoms with Crippen LogP contribution in [0.2, 0.25) is 0 Å². The minimum atomic E-state index is -0.0463. The second-order valence-electron chi connectivity index (χ2n) is 7.08. The molecule has 1 saturated heterocycles. The molecule has 2 rings (SSSR count). The van der Waals surface area contributed by atoms with Gasteiger partial charge in [0.15, 0.2) is 0 Å². The number of rotatable bonds is 4. The highest BCUT2D eigenvalue weighted by atomic mass is 16.5. The number of allylic oxidation sites excluding steroid dienone is 3. The predicted octanol–water partition coefficient (Wildman–Crippen LogP) is 4.19.